The monoisotopic (exact) mass is 237 g/mol. The van der Waals surface area contributed by atoms with Crippen LogP contribution in [0.4, 0.5) is 0 Å². The van der Waals surface area contributed by atoms with Crippen LogP contribution in [0.5, 0.6) is 0 Å². The van der Waals surface area contributed by atoms with Gasteiger partial charge in [0.1, 0.15) is 0 Å². The van der Waals surface area contributed by atoms with Gasteiger partial charge in [0.05, 0.1) is 0 Å². The molecule has 3 fully saturated rings. The van der Waals surface area contributed by atoms with E-state index >= 15 is 0 Å². The first-order valence-corrected chi connectivity index (χ1v) is 7.54. The van der Waals surface area contributed by atoms with Crippen molar-refractivity contribution >= 4 is 0 Å². The van der Waals surface area contributed by atoms with Gasteiger partial charge in [0, 0.05) is 25.2 Å². The molecule has 3 rings (SSSR count). The van der Waals surface area contributed by atoms with Crippen LogP contribution in [0.15, 0.2) is 0 Å². The van der Waals surface area contributed by atoms with Gasteiger partial charge >= 0.3 is 0 Å². The van der Waals surface area contributed by atoms with Crippen LogP contribution in [0.1, 0.15) is 38.5 Å². The fourth-order valence-electron chi connectivity index (χ4n) is 3.74. The van der Waals surface area contributed by atoms with Crippen LogP contribution in [0.3, 0.4) is 0 Å². The van der Waals surface area contributed by atoms with Crippen molar-refractivity contribution in [3.63, 3.8) is 0 Å². The zero-order valence-electron chi connectivity index (χ0n) is 10.9. The fourth-order valence-corrected chi connectivity index (χ4v) is 3.74. The lowest BCUT2D eigenvalue weighted by atomic mass is 9.96. The highest BCUT2D eigenvalue weighted by molar-refractivity contribution is 4.92. The number of likely N-dealkylation sites (tertiary alicyclic amines) is 1. The smallest absolute Gasteiger partial charge is 0.0207 e. The molecule has 2 aliphatic carbocycles. The van der Waals surface area contributed by atoms with Crippen molar-refractivity contribution in [3.8, 4) is 0 Å². The minimum Gasteiger partial charge on any atom is -0.330 e. The maximum atomic E-state index is 5.84. The van der Waals surface area contributed by atoms with E-state index in [9.17, 15) is 0 Å². The molecule has 2 saturated carbocycles. The van der Waals surface area contributed by atoms with Gasteiger partial charge in [0.25, 0.3) is 0 Å². The van der Waals surface area contributed by atoms with Gasteiger partial charge in [-0.05, 0) is 57.0 Å². The minimum absolute atomic E-state index is 0.759. The van der Waals surface area contributed by atoms with Gasteiger partial charge in [0.15, 0.2) is 0 Å². The van der Waals surface area contributed by atoms with E-state index in [4.69, 9.17) is 5.73 Å². The normalized spacial score (nSPS) is 39.0. The van der Waals surface area contributed by atoms with E-state index in [-0.39, 0.29) is 0 Å². The SMILES string of the molecule is NCC1CCCC1CNC1CCN(C2CC2)C1. The van der Waals surface area contributed by atoms with Crippen LogP contribution in [0, 0.1) is 11.8 Å². The van der Waals surface area contributed by atoms with E-state index in [1.165, 1.54) is 58.2 Å². The molecule has 3 unspecified atom stereocenters. The second-order valence-electron chi connectivity index (χ2n) is 6.31. The summed E-state index contributed by atoms with van der Waals surface area (Å²) in [5.74, 6) is 1.65. The maximum absolute atomic E-state index is 5.84. The Morgan fingerprint density at radius 2 is 1.88 bits per heavy atom. The van der Waals surface area contributed by atoms with Crippen molar-refractivity contribution in [2.45, 2.75) is 50.6 Å². The predicted octanol–water partition coefficient (Wildman–Crippen LogP) is 1.19. The van der Waals surface area contributed by atoms with Crippen molar-refractivity contribution in [2.24, 2.45) is 17.6 Å². The van der Waals surface area contributed by atoms with Crippen molar-refractivity contribution in [1.82, 2.24) is 10.2 Å². The average molecular weight is 237 g/mol. The summed E-state index contributed by atoms with van der Waals surface area (Å²) >= 11 is 0. The Morgan fingerprint density at radius 1 is 1.06 bits per heavy atom. The fraction of sp³-hybridized carbons (Fsp3) is 1.00. The molecule has 0 aromatic heterocycles. The molecule has 0 amide bonds. The van der Waals surface area contributed by atoms with Crippen LogP contribution in [0.25, 0.3) is 0 Å². The number of rotatable bonds is 5. The van der Waals surface area contributed by atoms with Crippen LogP contribution < -0.4 is 11.1 Å². The summed E-state index contributed by atoms with van der Waals surface area (Å²) in [6, 6.07) is 1.71. The summed E-state index contributed by atoms with van der Waals surface area (Å²) in [6.45, 7) is 4.73. The Hall–Kier alpha value is -0.120. The van der Waals surface area contributed by atoms with Gasteiger partial charge in [-0.15, -0.1) is 0 Å². The van der Waals surface area contributed by atoms with Gasteiger partial charge in [0.2, 0.25) is 0 Å². The van der Waals surface area contributed by atoms with E-state index in [2.05, 4.69) is 10.2 Å². The van der Waals surface area contributed by atoms with E-state index in [0.29, 0.717) is 0 Å². The van der Waals surface area contributed by atoms with Crippen molar-refractivity contribution in [2.75, 3.05) is 26.2 Å². The van der Waals surface area contributed by atoms with E-state index < -0.39 is 0 Å². The average Bonchev–Trinajstić information content (AvgIpc) is 2.93. The van der Waals surface area contributed by atoms with E-state index in [1.807, 2.05) is 0 Å². The molecule has 1 aliphatic heterocycles. The summed E-state index contributed by atoms with van der Waals surface area (Å²) in [4.78, 5) is 2.69. The molecule has 98 valence electrons. The Kier molecular flexibility index (Phi) is 3.69. The molecule has 3 aliphatic rings. The molecule has 3 N–H and O–H groups in total. The van der Waals surface area contributed by atoms with Crippen molar-refractivity contribution in [3.05, 3.63) is 0 Å². The summed E-state index contributed by atoms with van der Waals surface area (Å²) in [5, 5.41) is 3.80. The highest BCUT2D eigenvalue weighted by Gasteiger charge is 2.34. The largest absolute Gasteiger partial charge is 0.330 e. The lowest BCUT2D eigenvalue weighted by Gasteiger charge is -2.21. The Balaban J connectivity index is 1.39. The first kappa shape index (κ1) is 11.9. The maximum Gasteiger partial charge on any atom is 0.0207 e. The molecule has 17 heavy (non-hydrogen) atoms. The first-order valence-electron chi connectivity index (χ1n) is 7.54. The molecule has 0 spiro atoms. The lowest BCUT2D eigenvalue weighted by Crippen LogP contribution is -2.38. The molecule has 0 radical (unpaired) electrons. The Labute approximate surface area is 105 Å². The first-order chi connectivity index (χ1) is 8.36. The van der Waals surface area contributed by atoms with E-state index in [0.717, 1.165) is 30.5 Å². The lowest BCUT2D eigenvalue weighted by molar-refractivity contribution is 0.307. The second-order valence-corrected chi connectivity index (χ2v) is 6.31. The third-order valence-electron chi connectivity index (χ3n) is 5.07. The zero-order chi connectivity index (χ0) is 11.7. The summed E-state index contributed by atoms with van der Waals surface area (Å²) in [7, 11) is 0. The predicted molar refractivity (Wildman–Crippen MR) is 70.9 cm³/mol. The van der Waals surface area contributed by atoms with Crippen LogP contribution in [-0.2, 0) is 0 Å². The molecule has 1 heterocycles. The molecule has 3 atom stereocenters. The molecular formula is C14H27N3. The second kappa shape index (κ2) is 5.25. The quantitative estimate of drug-likeness (QED) is 0.754. The van der Waals surface area contributed by atoms with Gasteiger partial charge in [-0.2, -0.15) is 0 Å². The van der Waals surface area contributed by atoms with Gasteiger partial charge in [-0.1, -0.05) is 6.42 Å². The third kappa shape index (κ3) is 2.83. The summed E-state index contributed by atoms with van der Waals surface area (Å²) in [6.07, 6.45) is 8.41. The highest BCUT2D eigenvalue weighted by Crippen LogP contribution is 2.32. The zero-order valence-corrected chi connectivity index (χ0v) is 10.9. The van der Waals surface area contributed by atoms with Crippen molar-refractivity contribution < 1.29 is 0 Å². The molecule has 3 nitrogen and oxygen atoms in total. The molecule has 3 heteroatoms. The molecule has 0 bridgehead atoms. The molecule has 0 aromatic carbocycles. The number of hydrogen-bond donors (Lipinski definition) is 2. The molecule has 0 aromatic rings. The topological polar surface area (TPSA) is 41.3 Å². The van der Waals surface area contributed by atoms with Crippen LogP contribution in [-0.4, -0.2) is 43.2 Å². The molecular weight excluding hydrogens is 210 g/mol. The Bertz CT molecular complexity index is 252. The number of nitrogens with two attached hydrogens (primary N) is 1. The highest BCUT2D eigenvalue weighted by atomic mass is 15.2. The summed E-state index contributed by atoms with van der Waals surface area (Å²) in [5.41, 5.74) is 5.84. The Morgan fingerprint density at radius 3 is 2.65 bits per heavy atom. The summed E-state index contributed by atoms with van der Waals surface area (Å²) < 4.78 is 0. The third-order valence-corrected chi connectivity index (χ3v) is 5.07. The number of nitrogens with zero attached hydrogens (tertiary/aromatic N) is 1. The number of hydrogen-bond acceptors (Lipinski definition) is 3. The minimum atomic E-state index is 0.759. The number of nitrogens with one attached hydrogen (secondary N) is 1. The van der Waals surface area contributed by atoms with E-state index in [1.54, 1.807) is 0 Å². The van der Waals surface area contributed by atoms with Crippen LogP contribution in [0.2, 0.25) is 0 Å². The van der Waals surface area contributed by atoms with Gasteiger partial charge < -0.3 is 11.1 Å². The van der Waals surface area contributed by atoms with Crippen LogP contribution >= 0.6 is 0 Å². The standard InChI is InChI=1S/C14H27N3/c15-8-11-2-1-3-12(11)9-16-13-6-7-17(10-13)14-4-5-14/h11-14,16H,1-10,15H2. The molecule has 1 saturated heterocycles. The van der Waals surface area contributed by atoms with Gasteiger partial charge in [-0.3, -0.25) is 4.90 Å². The van der Waals surface area contributed by atoms with Crippen molar-refractivity contribution in [1.29, 1.82) is 0 Å². The van der Waals surface area contributed by atoms with Gasteiger partial charge in [-0.25, -0.2) is 0 Å².